The van der Waals surface area contributed by atoms with E-state index in [1.54, 1.807) is 34.6 Å². The van der Waals surface area contributed by atoms with Gasteiger partial charge in [-0.1, -0.05) is 27.7 Å². The lowest BCUT2D eigenvalue weighted by Gasteiger charge is -2.26. The number of aromatic nitrogens is 1. The van der Waals surface area contributed by atoms with E-state index >= 15 is 0 Å². The summed E-state index contributed by atoms with van der Waals surface area (Å²) in [5, 5.41) is 13.8. The molecule has 0 spiro atoms. The number of aliphatic hydroxyl groups excluding tert-OH is 1. The summed E-state index contributed by atoms with van der Waals surface area (Å²) in [5.41, 5.74) is -1.21. The van der Waals surface area contributed by atoms with Crippen LogP contribution in [0.15, 0.2) is 18.2 Å². The fourth-order valence-electron chi connectivity index (χ4n) is 3.15. The summed E-state index contributed by atoms with van der Waals surface area (Å²) in [7, 11) is 1.32. The van der Waals surface area contributed by atoms with Crippen molar-refractivity contribution in [1.29, 1.82) is 0 Å². The number of ether oxygens (including phenoxy) is 1. The van der Waals surface area contributed by atoms with E-state index in [0.29, 0.717) is 29.8 Å². The van der Waals surface area contributed by atoms with Crippen LogP contribution in [0.4, 0.5) is 23.2 Å². The van der Waals surface area contributed by atoms with Gasteiger partial charge < -0.3 is 15.2 Å². The first kappa shape index (κ1) is 24.6. The molecule has 1 aromatic heterocycles. The second kappa shape index (κ2) is 8.82. The van der Waals surface area contributed by atoms with E-state index in [1.165, 1.54) is 7.11 Å². The number of aliphatic hydroxyl groups is 1. The van der Waals surface area contributed by atoms with Crippen molar-refractivity contribution in [3.05, 3.63) is 52.0 Å². The van der Waals surface area contributed by atoms with Crippen molar-refractivity contribution >= 4 is 11.6 Å². The number of carbonyl (C=O) groups is 1. The zero-order chi connectivity index (χ0) is 23.7. The van der Waals surface area contributed by atoms with Gasteiger partial charge in [0.1, 0.15) is 17.6 Å². The maximum atomic E-state index is 14.0. The van der Waals surface area contributed by atoms with Crippen molar-refractivity contribution in [3.8, 4) is 5.88 Å². The molecular weight excluding hydrogens is 416 g/mol. The number of halogens is 4. The molecule has 2 aromatic rings. The Labute approximate surface area is 178 Å². The Morgan fingerprint density at radius 2 is 1.84 bits per heavy atom. The van der Waals surface area contributed by atoms with E-state index in [1.807, 2.05) is 0 Å². The van der Waals surface area contributed by atoms with E-state index in [4.69, 9.17) is 4.74 Å². The highest BCUT2D eigenvalue weighted by atomic mass is 19.4. The first-order valence-corrected chi connectivity index (χ1v) is 9.65. The highest BCUT2D eigenvalue weighted by Gasteiger charge is 2.34. The van der Waals surface area contributed by atoms with Crippen molar-refractivity contribution < 1.29 is 32.2 Å². The van der Waals surface area contributed by atoms with E-state index in [0.717, 1.165) is 6.07 Å². The molecule has 0 aliphatic carbocycles. The van der Waals surface area contributed by atoms with Gasteiger partial charge in [-0.3, -0.25) is 4.79 Å². The van der Waals surface area contributed by atoms with Crippen molar-refractivity contribution in [1.82, 2.24) is 4.98 Å². The summed E-state index contributed by atoms with van der Waals surface area (Å²) >= 11 is 0. The number of carbonyl (C=O) groups excluding carboxylic acids is 1. The lowest BCUT2D eigenvalue weighted by atomic mass is 9.91. The molecule has 1 atom stereocenters. The zero-order valence-electron chi connectivity index (χ0n) is 18.2. The number of methoxy groups -OCH3 is 1. The van der Waals surface area contributed by atoms with Gasteiger partial charge in [-0.05, 0) is 42.7 Å². The number of anilines is 1. The molecule has 0 fully saturated rings. The van der Waals surface area contributed by atoms with Crippen LogP contribution in [0.2, 0.25) is 0 Å². The standard InChI is InChI=1S/C22H26F4N2O3/c1-7-15-11(2)27-19(31-6)17(28-20(30)21(3,4)5)16(15)18(29)12-8-13(22(24,25)26)10-14(23)9-12/h8-10,18,29H,7H2,1-6H3,(H,28,30). The third-order valence-corrected chi connectivity index (χ3v) is 4.82. The number of nitrogens with zero attached hydrogens (tertiary/aromatic N) is 1. The molecular formula is C22H26F4N2O3. The average Bonchev–Trinajstić information content (AvgIpc) is 2.65. The van der Waals surface area contributed by atoms with E-state index in [9.17, 15) is 27.5 Å². The molecule has 170 valence electrons. The minimum atomic E-state index is -4.79. The van der Waals surface area contributed by atoms with Crippen LogP contribution in [0.25, 0.3) is 0 Å². The normalized spacial score (nSPS) is 13.1. The largest absolute Gasteiger partial charge is 0.479 e. The fraction of sp³-hybridized carbons (Fsp3) is 0.455. The average molecular weight is 442 g/mol. The fourth-order valence-corrected chi connectivity index (χ4v) is 3.15. The van der Waals surface area contributed by atoms with Crippen molar-refractivity contribution in [3.63, 3.8) is 0 Å². The number of hydrogen-bond donors (Lipinski definition) is 2. The van der Waals surface area contributed by atoms with Crippen LogP contribution >= 0.6 is 0 Å². The first-order valence-electron chi connectivity index (χ1n) is 9.65. The zero-order valence-corrected chi connectivity index (χ0v) is 18.2. The number of rotatable bonds is 5. The molecule has 0 radical (unpaired) electrons. The third-order valence-electron chi connectivity index (χ3n) is 4.82. The highest BCUT2D eigenvalue weighted by Crippen LogP contribution is 2.40. The van der Waals surface area contributed by atoms with E-state index in [2.05, 4.69) is 10.3 Å². The van der Waals surface area contributed by atoms with Crippen LogP contribution in [0, 0.1) is 18.2 Å². The number of alkyl halides is 3. The number of pyridine rings is 1. The molecule has 0 saturated heterocycles. The minimum Gasteiger partial charge on any atom is -0.479 e. The number of hydrogen-bond acceptors (Lipinski definition) is 4. The topological polar surface area (TPSA) is 71.5 Å². The van der Waals surface area contributed by atoms with Crippen molar-refractivity contribution in [2.24, 2.45) is 5.41 Å². The van der Waals surface area contributed by atoms with Crippen LogP contribution in [-0.4, -0.2) is 23.1 Å². The second-order valence-electron chi connectivity index (χ2n) is 8.20. The summed E-state index contributed by atoms with van der Waals surface area (Å²) in [5.74, 6) is -1.56. The Morgan fingerprint density at radius 3 is 2.32 bits per heavy atom. The maximum absolute atomic E-state index is 14.0. The Kier molecular flexibility index (Phi) is 7.00. The van der Waals surface area contributed by atoms with Crippen molar-refractivity contribution in [2.75, 3.05) is 12.4 Å². The molecule has 0 aliphatic rings. The van der Waals surface area contributed by atoms with Gasteiger partial charge in [-0.25, -0.2) is 9.37 Å². The predicted molar refractivity (Wildman–Crippen MR) is 108 cm³/mol. The van der Waals surface area contributed by atoms with Gasteiger partial charge in [-0.15, -0.1) is 0 Å². The van der Waals surface area contributed by atoms with Gasteiger partial charge in [0.2, 0.25) is 11.8 Å². The molecule has 31 heavy (non-hydrogen) atoms. The molecule has 2 N–H and O–H groups in total. The molecule has 2 rings (SSSR count). The SMILES string of the molecule is CCc1c(C)nc(OC)c(NC(=O)C(C)(C)C)c1C(O)c1cc(F)cc(C(F)(F)F)c1. The van der Waals surface area contributed by atoms with Gasteiger partial charge in [-0.2, -0.15) is 13.2 Å². The van der Waals surface area contributed by atoms with Gasteiger partial charge in [0.15, 0.2) is 0 Å². The third kappa shape index (κ3) is 5.33. The summed E-state index contributed by atoms with van der Waals surface area (Å²) < 4.78 is 58.8. The number of nitrogens with one attached hydrogen (secondary N) is 1. The monoisotopic (exact) mass is 442 g/mol. The molecule has 1 amide bonds. The van der Waals surface area contributed by atoms with Crippen LogP contribution in [0.3, 0.4) is 0 Å². The summed E-state index contributed by atoms with van der Waals surface area (Å²) in [6.07, 6.45) is -6.11. The molecule has 5 nitrogen and oxygen atoms in total. The first-order chi connectivity index (χ1) is 14.2. The van der Waals surface area contributed by atoms with Gasteiger partial charge >= 0.3 is 6.18 Å². The van der Waals surface area contributed by atoms with Crippen LogP contribution in [0.1, 0.15) is 61.7 Å². The summed E-state index contributed by atoms with van der Waals surface area (Å²) in [4.78, 5) is 17.0. The van der Waals surface area contributed by atoms with Crippen molar-refractivity contribution in [2.45, 2.75) is 53.3 Å². The second-order valence-corrected chi connectivity index (χ2v) is 8.20. The molecule has 1 heterocycles. The molecule has 9 heteroatoms. The van der Waals surface area contributed by atoms with E-state index < -0.39 is 35.0 Å². The van der Waals surface area contributed by atoms with E-state index in [-0.39, 0.29) is 22.7 Å². The lowest BCUT2D eigenvalue weighted by Crippen LogP contribution is -2.29. The van der Waals surface area contributed by atoms with Gasteiger partial charge in [0, 0.05) is 16.7 Å². The Bertz CT molecular complexity index is 982. The van der Waals surface area contributed by atoms with Crippen LogP contribution in [0.5, 0.6) is 5.88 Å². The van der Waals surface area contributed by atoms with Gasteiger partial charge in [0.25, 0.3) is 0 Å². The predicted octanol–water partition coefficient (Wildman–Crippen LogP) is 5.19. The minimum absolute atomic E-state index is 0.00574. The molecule has 0 aliphatic heterocycles. The highest BCUT2D eigenvalue weighted by molar-refractivity contribution is 5.96. The molecule has 0 bridgehead atoms. The summed E-state index contributed by atoms with van der Waals surface area (Å²) in [6.45, 7) is 8.45. The Morgan fingerprint density at radius 1 is 1.23 bits per heavy atom. The molecule has 0 saturated carbocycles. The van der Waals surface area contributed by atoms with Gasteiger partial charge in [0.05, 0.1) is 12.7 Å². The quantitative estimate of drug-likeness (QED) is 0.626. The smallest absolute Gasteiger partial charge is 0.416 e. The van der Waals surface area contributed by atoms with Crippen LogP contribution < -0.4 is 10.1 Å². The number of amides is 1. The Hall–Kier alpha value is -2.68. The number of aryl methyl sites for hydroxylation is 1. The molecule has 1 unspecified atom stereocenters. The summed E-state index contributed by atoms with van der Waals surface area (Å²) in [6, 6.07) is 1.87. The van der Waals surface area contributed by atoms with Crippen LogP contribution in [-0.2, 0) is 17.4 Å². The Balaban J connectivity index is 2.78. The number of benzene rings is 1. The molecule has 1 aromatic carbocycles. The maximum Gasteiger partial charge on any atom is 0.416 e. The lowest BCUT2D eigenvalue weighted by molar-refractivity contribution is -0.137.